The summed E-state index contributed by atoms with van der Waals surface area (Å²) in [5.74, 6) is 0.556. The number of benzene rings is 3. The van der Waals surface area contributed by atoms with Crippen LogP contribution in [0.5, 0.6) is 11.5 Å². The van der Waals surface area contributed by atoms with Gasteiger partial charge in [0, 0.05) is 0 Å². The molecule has 0 unspecified atom stereocenters. The van der Waals surface area contributed by atoms with Crippen molar-refractivity contribution in [3.8, 4) is 11.5 Å². The predicted molar refractivity (Wildman–Crippen MR) is 99.9 cm³/mol. The number of carbonyl (C=O) groups excluding carboxylic acids is 2. The van der Waals surface area contributed by atoms with E-state index in [4.69, 9.17) is 9.47 Å². The summed E-state index contributed by atoms with van der Waals surface area (Å²) < 4.78 is 13.9. The summed E-state index contributed by atoms with van der Waals surface area (Å²) in [6.07, 6.45) is -2.29. The van der Waals surface area contributed by atoms with Crippen molar-refractivity contribution < 1.29 is 23.8 Å². The average Bonchev–Trinajstić information content (AvgIpc) is 3.18. The van der Waals surface area contributed by atoms with Crippen molar-refractivity contribution in [2.24, 2.45) is 0 Å². The highest BCUT2D eigenvalue weighted by atomic mass is 16.8. The first-order valence-electron chi connectivity index (χ1n) is 8.18. The zero-order chi connectivity index (χ0) is 19.6. The standard InChI is InChI=1S/C14H10O5.C6H5N3/c15-13(17-11-7-3-1-4-8-11)19-14(16)18-12-9-5-2-6-10-12;1-2-4-6-5(3-1)7-9-8-6/h1-10H;1-4H,(H,7,8,9). The third-order valence-electron chi connectivity index (χ3n) is 3.28. The van der Waals surface area contributed by atoms with Gasteiger partial charge in [0.25, 0.3) is 0 Å². The molecule has 1 heterocycles. The van der Waals surface area contributed by atoms with E-state index in [1.165, 1.54) is 0 Å². The van der Waals surface area contributed by atoms with Crippen LogP contribution < -0.4 is 9.47 Å². The number of aromatic nitrogens is 3. The number of rotatable bonds is 2. The maximum absolute atomic E-state index is 11.3. The van der Waals surface area contributed by atoms with Crippen LogP contribution in [0.2, 0.25) is 0 Å². The van der Waals surface area contributed by atoms with Crippen molar-refractivity contribution in [2.75, 3.05) is 0 Å². The fourth-order valence-corrected chi connectivity index (χ4v) is 2.07. The van der Waals surface area contributed by atoms with Gasteiger partial charge in [-0.1, -0.05) is 48.5 Å². The highest BCUT2D eigenvalue weighted by molar-refractivity contribution is 5.79. The van der Waals surface area contributed by atoms with Crippen molar-refractivity contribution in [3.63, 3.8) is 0 Å². The van der Waals surface area contributed by atoms with Gasteiger partial charge in [-0.05, 0) is 36.4 Å². The van der Waals surface area contributed by atoms with Gasteiger partial charge in [0.15, 0.2) is 0 Å². The Morgan fingerprint density at radius 1 is 0.607 bits per heavy atom. The molecule has 8 heteroatoms. The SMILES string of the molecule is O=C(OC(=O)Oc1ccccc1)Oc1ccccc1.c1ccc2n[nH]nc2c1. The lowest BCUT2D eigenvalue weighted by atomic mass is 10.3. The minimum Gasteiger partial charge on any atom is -0.395 e. The van der Waals surface area contributed by atoms with E-state index in [0.29, 0.717) is 0 Å². The number of para-hydroxylation sites is 4. The second-order valence-corrected chi connectivity index (χ2v) is 5.24. The molecular weight excluding hydrogens is 362 g/mol. The van der Waals surface area contributed by atoms with Crippen molar-refractivity contribution in [1.82, 2.24) is 15.4 Å². The van der Waals surface area contributed by atoms with Crippen LogP contribution in [0.1, 0.15) is 0 Å². The molecule has 140 valence electrons. The first-order chi connectivity index (χ1) is 13.7. The molecule has 28 heavy (non-hydrogen) atoms. The molecule has 0 aliphatic rings. The monoisotopic (exact) mass is 377 g/mol. The highest BCUT2D eigenvalue weighted by Crippen LogP contribution is 2.11. The Kier molecular flexibility index (Phi) is 6.30. The molecule has 1 aromatic heterocycles. The Balaban J connectivity index is 0.000000206. The van der Waals surface area contributed by atoms with Crippen LogP contribution in [0.25, 0.3) is 11.0 Å². The zero-order valence-electron chi connectivity index (χ0n) is 14.5. The number of fused-ring (bicyclic) bond motifs is 1. The number of hydrogen-bond acceptors (Lipinski definition) is 7. The molecule has 0 aliphatic heterocycles. The number of nitrogens with zero attached hydrogens (tertiary/aromatic N) is 2. The minimum atomic E-state index is -1.15. The van der Waals surface area contributed by atoms with Crippen molar-refractivity contribution in [2.45, 2.75) is 0 Å². The first kappa shape index (κ1) is 18.6. The van der Waals surface area contributed by atoms with Gasteiger partial charge in [-0.3, -0.25) is 0 Å². The number of ether oxygens (including phenoxy) is 3. The Morgan fingerprint density at radius 2 is 1.00 bits per heavy atom. The number of carbonyl (C=O) groups is 2. The summed E-state index contributed by atoms with van der Waals surface area (Å²) in [6, 6.07) is 24.2. The van der Waals surface area contributed by atoms with E-state index in [1.807, 2.05) is 24.3 Å². The lowest BCUT2D eigenvalue weighted by molar-refractivity contribution is 0.0896. The molecule has 1 N–H and O–H groups in total. The second-order valence-electron chi connectivity index (χ2n) is 5.24. The van der Waals surface area contributed by atoms with Gasteiger partial charge in [-0.25, -0.2) is 9.59 Å². The summed E-state index contributed by atoms with van der Waals surface area (Å²) in [4.78, 5) is 22.5. The van der Waals surface area contributed by atoms with Gasteiger partial charge in [0.2, 0.25) is 0 Å². The van der Waals surface area contributed by atoms with E-state index in [0.717, 1.165) is 11.0 Å². The van der Waals surface area contributed by atoms with Crippen LogP contribution >= 0.6 is 0 Å². The number of H-pyrrole nitrogens is 1. The summed E-state index contributed by atoms with van der Waals surface area (Å²) >= 11 is 0. The first-order valence-corrected chi connectivity index (χ1v) is 8.18. The molecule has 0 spiro atoms. The van der Waals surface area contributed by atoms with Crippen LogP contribution in [-0.2, 0) is 4.74 Å². The maximum atomic E-state index is 11.3. The molecule has 0 atom stereocenters. The maximum Gasteiger partial charge on any atom is 0.524 e. The molecule has 4 rings (SSSR count). The van der Waals surface area contributed by atoms with E-state index in [-0.39, 0.29) is 11.5 Å². The molecule has 4 aromatic rings. The largest absolute Gasteiger partial charge is 0.524 e. The average molecular weight is 377 g/mol. The van der Waals surface area contributed by atoms with Crippen LogP contribution in [0.15, 0.2) is 84.9 Å². The highest BCUT2D eigenvalue weighted by Gasteiger charge is 2.14. The van der Waals surface area contributed by atoms with Crippen LogP contribution in [0, 0.1) is 0 Å². The quantitative estimate of drug-likeness (QED) is 0.314. The smallest absolute Gasteiger partial charge is 0.395 e. The molecule has 0 fully saturated rings. The van der Waals surface area contributed by atoms with E-state index in [9.17, 15) is 9.59 Å². The van der Waals surface area contributed by atoms with Crippen LogP contribution in [0.3, 0.4) is 0 Å². The van der Waals surface area contributed by atoms with E-state index >= 15 is 0 Å². The van der Waals surface area contributed by atoms with Gasteiger partial charge in [-0.15, -0.1) is 0 Å². The van der Waals surface area contributed by atoms with Crippen LogP contribution in [0.4, 0.5) is 9.59 Å². The molecular formula is C20H15N3O5. The molecule has 0 bridgehead atoms. The summed E-state index contributed by atoms with van der Waals surface area (Å²) in [7, 11) is 0. The van der Waals surface area contributed by atoms with Crippen molar-refractivity contribution >= 4 is 23.3 Å². The summed E-state index contributed by atoms with van der Waals surface area (Å²) in [6.45, 7) is 0. The van der Waals surface area contributed by atoms with Crippen molar-refractivity contribution in [3.05, 3.63) is 84.9 Å². The molecule has 0 radical (unpaired) electrons. The number of nitrogens with one attached hydrogen (secondary N) is 1. The normalized spacial score (nSPS) is 9.71. The Hall–Kier alpha value is -4.20. The van der Waals surface area contributed by atoms with Gasteiger partial charge < -0.3 is 14.2 Å². The molecule has 0 aliphatic carbocycles. The number of aromatic amines is 1. The van der Waals surface area contributed by atoms with Gasteiger partial charge >= 0.3 is 12.3 Å². The van der Waals surface area contributed by atoms with Crippen molar-refractivity contribution in [1.29, 1.82) is 0 Å². The molecule has 0 amide bonds. The zero-order valence-corrected chi connectivity index (χ0v) is 14.5. The van der Waals surface area contributed by atoms with Gasteiger partial charge in [0.05, 0.1) is 0 Å². The predicted octanol–water partition coefficient (Wildman–Crippen LogP) is 4.36. The Labute approximate surface area is 159 Å². The summed E-state index contributed by atoms with van der Waals surface area (Å²) in [5, 5.41) is 10.3. The fourth-order valence-electron chi connectivity index (χ4n) is 2.07. The molecule has 0 saturated heterocycles. The molecule has 8 nitrogen and oxygen atoms in total. The minimum absolute atomic E-state index is 0.278. The van der Waals surface area contributed by atoms with E-state index < -0.39 is 12.3 Å². The third kappa shape index (κ3) is 5.67. The van der Waals surface area contributed by atoms with E-state index in [1.54, 1.807) is 60.7 Å². The van der Waals surface area contributed by atoms with Gasteiger partial charge in [-0.2, -0.15) is 15.4 Å². The Bertz CT molecular complexity index is 954. The third-order valence-corrected chi connectivity index (χ3v) is 3.28. The lowest BCUT2D eigenvalue weighted by Crippen LogP contribution is -2.19. The topological polar surface area (TPSA) is 103 Å². The molecule has 3 aromatic carbocycles. The van der Waals surface area contributed by atoms with Gasteiger partial charge in [0.1, 0.15) is 22.5 Å². The Morgan fingerprint density at radius 3 is 1.43 bits per heavy atom. The van der Waals surface area contributed by atoms with E-state index in [2.05, 4.69) is 20.1 Å². The van der Waals surface area contributed by atoms with Crippen LogP contribution in [-0.4, -0.2) is 27.7 Å². The molecule has 0 saturated carbocycles. The fraction of sp³-hybridized carbons (Fsp3) is 0. The summed E-state index contributed by atoms with van der Waals surface area (Å²) in [5.41, 5.74) is 1.83. The lowest BCUT2D eigenvalue weighted by Gasteiger charge is -2.04. The number of hydrogen-bond donors (Lipinski definition) is 1. The second kappa shape index (κ2) is 9.48.